The number of hydrogen-bond acceptors (Lipinski definition) is 5. The number of pyridine rings is 1. The Balaban J connectivity index is 2.16. The number of halogens is 4. The largest absolute Gasteiger partial charge is 0.435 e. The number of oxime groups is 1. The fraction of sp³-hybridized carbons (Fsp3) is 0.368. The van der Waals surface area contributed by atoms with Gasteiger partial charge in [0, 0.05) is 30.6 Å². The monoisotopic (exact) mass is 441 g/mol. The average molecular weight is 442 g/mol. The topological polar surface area (TPSA) is 81.4 Å². The zero-order valence-electron chi connectivity index (χ0n) is 16.5. The van der Waals surface area contributed by atoms with Crippen molar-refractivity contribution in [2.45, 2.75) is 26.4 Å². The molecule has 7 nitrogen and oxygen atoms in total. The summed E-state index contributed by atoms with van der Waals surface area (Å²) in [6.07, 6.45) is -2.51. The first-order valence-electron chi connectivity index (χ1n) is 8.79. The van der Waals surface area contributed by atoms with Crippen molar-refractivity contribution in [3.8, 4) is 11.8 Å². The van der Waals surface area contributed by atoms with Gasteiger partial charge in [0.15, 0.2) is 5.69 Å². The molecule has 0 saturated carbocycles. The van der Waals surface area contributed by atoms with Gasteiger partial charge in [-0.2, -0.15) is 18.3 Å². The Bertz CT molecular complexity index is 1010. The molecule has 0 bridgehead atoms. The summed E-state index contributed by atoms with van der Waals surface area (Å²) in [6.45, 7) is 3.51. The molecule has 160 valence electrons. The highest BCUT2D eigenvalue weighted by atomic mass is 35.5. The van der Waals surface area contributed by atoms with Gasteiger partial charge in [-0.1, -0.05) is 22.7 Å². The van der Waals surface area contributed by atoms with Crippen LogP contribution in [0.15, 0.2) is 23.6 Å². The Kier molecular flexibility index (Phi) is 7.83. The molecule has 2 aromatic heterocycles. The molecule has 0 saturated heterocycles. The minimum Gasteiger partial charge on any atom is -0.396 e. The van der Waals surface area contributed by atoms with Crippen LogP contribution in [0.5, 0.6) is 0 Å². The molecule has 2 rings (SSSR count). The highest BCUT2D eigenvalue weighted by Crippen LogP contribution is 2.30. The van der Waals surface area contributed by atoms with E-state index in [2.05, 4.69) is 32.4 Å². The van der Waals surface area contributed by atoms with E-state index in [1.165, 1.54) is 13.2 Å². The zero-order chi connectivity index (χ0) is 22.3. The Labute approximate surface area is 176 Å². The summed E-state index contributed by atoms with van der Waals surface area (Å²) < 4.78 is 40.1. The molecule has 1 N–H and O–H groups in total. The maximum Gasteiger partial charge on any atom is 0.435 e. The average Bonchev–Trinajstić information content (AvgIpc) is 3.03. The van der Waals surface area contributed by atoms with Crippen molar-refractivity contribution < 1.29 is 22.8 Å². The number of nitrogens with one attached hydrogen (secondary N) is 1. The number of alkyl halides is 3. The summed E-state index contributed by atoms with van der Waals surface area (Å²) in [5.41, 5.74) is -0.245. The van der Waals surface area contributed by atoms with Gasteiger partial charge in [0.2, 0.25) is 5.91 Å². The highest BCUT2D eigenvalue weighted by molar-refractivity contribution is 6.34. The summed E-state index contributed by atoms with van der Waals surface area (Å²) in [7, 11) is 1.35. The molecule has 0 aliphatic rings. The normalized spacial score (nSPS) is 11.6. The van der Waals surface area contributed by atoms with Gasteiger partial charge >= 0.3 is 6.18 Å². The molecule has 30 heavy (non-hydrogen) atoms. The molecule has 0 unspecified atom stereocenters. The first-order chi connectivity index (χ1) is 14.2. The van der Waals surface area contributed by atoms with Crippen molar-refractivity contribution in [3.05, 3.63) is 46.0 Å². The van der Waals surface area contributed by atoms with Gasteiger partial charge in [0.1, 0.15) is 18.0 Å². The second-order valence-corrected chi connectivity index (χ2v) is 6.42. The number of rotatable bonds is 7. The Morgan fingerprint density at radius 2 is 2.17 bits per heavy atom. The molecule has 2 heterocycles. The van der Waals surface area contributed by atoms with Gasteiger partial charge in [-0.05, 0) is 19.9 Å². The summed E-state index contributed by atoms with van der Waals surface area (Å²) in [6, 6.07) is 1.59. The molecule has 0 atom stereocenters. The Hall–Kier alpha value is -3.06. The molecule has 0 spiro atoms. The SMILES string of the molecule is CC#Cc1cnc(/C(CNC(=O)Cc2cn(C)nc2C(F)(F)F)=N/OCC)c(Cl)c1. The predicted molar refractivity (Wildman–Crippen MR) is 105 cm³/mol. The number of aryl methyl sites for hydroxylation is 1. The third-order valence-electron chi connectivity index (χ3n) is 3.66. The van der Waals surface area contributed by atoms with Crippen molar-refractivity contribution in [2.24, 2.45) is 12.2 Å². The van der Waals surface area contributed by atoms with Crippen molar-refractivity contribution in [1.82, 2.24) is 20.1 Å². The van der Waals surface area contributed by atoms with Crippen LogP contribution in [-0.4, -0.2) is 39.5 Å². The summed E-state index contributed by atoms with van der Waals surface area (Å²) in [4.78, 5) is 21.5. The van der Waals surface area contributed by atoms with Gasteiger partial charge in [-0.15, -0.1) is 5.92 Å². The van der Waals surface area contributed by atoms with Gasteiger partial charge < -0.3 is 10.2 Å². The second-order valence-electron chi connectivity index (χ2n) is 6.01. The van der Waals surface area contributed by atoms with Crippen LogP contribution in [0.2, 0.25) is 5.02 Å². The van der Waals surface area contributed by atoms with Crippen molar-refractivity contribution >= 4 is 23.2 Å². The Morgan fingerprint density at radius 3 is 2.77 bits per heavy atom. The molecule has 11 heteroatoms. The smallest absolute Gasteiger partial charge is 0.396 e. The number of hydrogen-bond donors (Lipinski definition) is 1. The number of nitrogens with zero attached hydrogens (tertiary/aromatic N) is 4. The second kappa shape index (κ2) is 10.1. The van der Waals surface area contributed by atoms with E-state index in [4.69, 9.17) is 16.4 Å². The van der Waals surface area contributed by atoms with Crippen molar-refractivity contribution in [3.63, 3.8) is 0 Å². The molecule has 0 aliphatic heterocycles. The van der Waals surface area contributed by atoms with Crippen LogP contribution in [0.1, 0.15) is 36.4 Å². The van der Waals surface area contributed by atoms with Gasteiger partial charge in [0.05, 0.1) is 18.0 Å². The lowest BCUT2D eigenvalue weighted by Crippen LogP contribution is -2.32. The highest BCUT2D eigenvalue weighted by Gasteiger charge is 2.37. The third kappa shape index (κ3) is 6.22. The van der Waals surface area contributed by atoms with E-state index in [0.717, 1.165) is 10.9 Å². The van der Waals surface area contributed by atoms with Crippen LogP contribution in [0, 0.1) is 11.8 Å². The number of carbonyl (C=O) groups excluding carboxylic acids is 1. The van der Waals surface area contributed by atoms with Crippen LogP contribution >= 0.6 is 11.6 Å². The van der Waals surface area contributed by atoms with Crippen molar-refractivity contribution in [2.75, 3.05) is 13.2 Å². The van der Waals surface area contributed by atoms with E-state index < -0.39 is 24.2 Å². The minimum absolute atomic E-state index is 0.147. The first-order valence-corrected chi connectivity index (χ1v) is 9.17. The van der Waals surface area contributed by atoms with E-state index in [1.807, 2.05) is 0 Å². The molecule has 0 radical (unpaired) electrons. The molecular formula is C19H19ClF3N5O2. The van der Waals surface area contributed by atoms with Crippen LogP contribution in [0.4, 0.5) is 13.2 Å². The van der Waals surface area contributed by atoms with Gasteiger partial charge in [-0.25, -0.2) is 0 Å². The summed E-state index contributed by atoms with van der Waals surface area (Å²) in [5.74, 6) is 4.89. The first kappa shape index (κ1) is 23.2. The molecular weight excluding hydrogens is 423 g/mol. The standard InChI is InChI=1S/C19H19ClF3N5O2/c1-4-6-12-7-14(20)17(25-9-12)15(27-30-5-2)10-24-16(29)8-13-11-28(3)26-18(13)19(21,22)23/h7,9,11H,5,8,10H2,1-3H3,(H,24,29)/b27-15+. The third-order valence-corrected chi connectivity index (χ3v) is 3.95. The van der Waals surface area contributed by atoms with Gasteiger partial charge in [0.25, 0.3) is 0 Å². The molecule has 0 fully saturated rings. The number of amides is 1. The maximum absolute atomic E-state index is 13.0. The maximum atomic E-state index is 13.0. The van der Waals surface area contributed by atoms with E-state index in [0.29, 0.717) is 5.56 Å². The van der Waals surface area contributed by atoms with E-state index >= 15 is 0 Å². The minimum atomic E-state index is -4.65. The quantitative estimate of drug-likeness (QED) is 0.407. The van der Waals surface area contributed by atoms with Crippen LogP contribution < -0.4 is 5.32 Å². The fourth-order valence-electron chi connectivity index (χ4n) is 2.49. The van der Waals surface area contributed by atoms with Crippen LogP contribution in [0.3, 0.4) is 0 Å². The van der Waals surface area contributed by atoms with Crippen LogP contribution in [-0.2, 0) is 29.3 Å². The fourth-order valence-corrected chi connectivity index (χ4v) is 2.76. The molecule has 0 aliphatic carbocycles. The van der Waals surface area contributed by atoms with Crippen molar-refractivity contribution in [1.29, 1.82) is 0 Å². The van der Waals surface area contributed by atoms with Crippen LogP contribution in [0.25, 0.3) is 0 Å². The zero-order valence-corrected chi connectivity index (χ0v) is 17.2. The predicted octanol–water partition coefficient (Wildman–Crippen LogP) is 2.96. The number of carbonyl (C=O) groups is 1. The lowest BCUT2D eigenvalue weighted by Gasteiger charge is -2.10. The number of aromatic nitrogens is 3. The Morgan fingerprint density at radius 1 is 1.43 bits per heavy atom. The van der Waals surface area contributed by atoms with E-state index in [-0.39, 0.29) is 35.1 Å². The lowest BCUT2D eigenvalue weighted by molar-refractivity contribution is -0.142. The summed E-state index contributed by atoms with van der Waals surface area (Å²) >= 11 is 6.24. The molecule has 2 aromatic rings. The van der Waals surface area contributed by atoms with Gasteiger partial charge in [-0.3, -0.25) is 14.5 Å². The summed E-state index contributed by atoms with van der Waals surface area (Å²) in [5, 5.41) is 10.1. The molecule has 0 aromatic carbocycles. The van der Waals surface area contributed by atoms with E-state index in [9.17, 15) is 18.0 Å². The molecule has 1 amide bonds. The lowest BCUT2D eigenvalue weighted by atomic mass is 10.1. The van der Waals surface area contributed by atoms with E-state index in [1.54, 1.807) is 19.9 Å².